The van der Waals surface area contributed by atoms with E-state index < -0.39 is 59.3 Å². The third-order valence-electron chi connectivity index (χ3n) is 5.74. The molecule has 0 aliphatic carbocycles. The van der Waals surface area contributed by atoms with Gasteiger partial charge in [0.05, 0.1) is 12.6 Å². The number of hydrogen-bond acceptors (Lipinski definition) is 7. The summed E-state index contributed by atoms with van der Waals surface area (Å²) >= 11 is 0. The lowest BCUT2D eigenvalue weighted by Gasteiger charge is -2.30. The van der Waals surface area contributed by atoms with Gasteiger partial charge in [-0.1, -0.05) is 30.3 Å². The number of ether oxygens (including phenoxy) is 4. The van der Waals surface area contributed by atoms with E-state index >= 15 is 0 Å². The molecule has 1 fully saturated rings. The van der Waals surface area contributed by atoms with Crippen molar-refractivity contribution in [3.8, 4) is 11.1 Å². The number of likely N-dealkylation sites (tertiary alicyclic amines) is 1. The van der Waals surface area contributed by atoms with Crippen molar-refractivity contribution < 1.29 is 42.1 Å². The van der Waals surface area contributed by atoms with Gasteiger partial charge in [0.15, 0.2) is 23.8 Å². The second kappa shape index (κ2) is 11.6. The molecule has 0 bridgehead atoms. The van der Waals surface area contributed by atoms with Gasteiger partial charge in [-0.05, 0) is 76.8 Å². The highest BCUT2D eigenvalue weighted by molar-refractivity contribution is 5.71. The fourth-order valence-electron chi connectivity index (χ4n) is 4.21. The van der Waals surface area contributed by atoms with Crippen molar-refractivity contribution in [3.05, 3.63) is 59.7 Å². The van der Waals surface area contributed by atoms with Gasteiger partial charge in [0.1, 0.15) is 11.2 Å². The minimum atomic E-state index is -0.997. The van der Waals surface area contributed by atoms with Gasteiger partial charge < -0.3 is 18.9 Å². The van der Waals surface area contributed by atoms with Crippen LogP contribution < -0.4 is 0 Å². The minimum Gasteiger partial charge on any atom is -0.456 e. The summed E-state index contributed by atoms with van der Waals surface area (Å²) in [6.45, 7) is 11.4. The zero-order valence-electron chi connectivity index (χ0n) is 23.2. The van der Waals surface area contributed by atoms with Crippen molar-refractivity contribution in [2.75, 3.05) is 6.54 Å². The predicted molar refractivity (Wildman–Crippen MR) is 139 cm³/mol. The smallest absolute Gasteiger partial charge is 0.456 e. The summed E-state index contributed by atoms with van der Waals surface area (Å²) < 4.78 is 49.0. The average molecular weight is 548 g/mol. The number of nitrogens with zero attached hydrogens (tertiary/aromatic N) is 1. The van der Waals surface area contributed by atoms with E-state index in [1.165, 1.54) is 17.9 Å². The van der Waals surface area contributed by atoms with Gasteiger partial charge in [-0.25, -0.2) is 18.4 Å². The monoisotopic (exact) mass is 547 g/mol. The van der Waals surface area contributed by atoms with Gasteiger partial charge in [-0.2, -0.15) is 0 Å². The fourth-order valence-corrected chi connectivity index (χ4v) is 4.21. The number of esters is 1. The lowest BCUT2D eigenvalue weighted by atomic mass is 9.98. The third-order valence-corrected chi connectivity index (χ3v) is 5.74. The second-order valence-corrected chi connectivity index (χ2v) is 11.4. The number of hydrogen-bond donors (Lipinski definition) is 0. The number of halogens is 2. The van der Waals surface area contributed by atoms with Gasteiger partial charge in [0.25, 0.3) is 0 Å². The van der Waals surface area contributed by atoms with E-state index in [0.29, 0.717) is 11.1 Å². The van der Waals surface area contributed by atoms with Crippen molar-refractivity contribution in [2.45, 2.75) is 84.3 Å². The summed E-state index contributed by atoms with van der Waals surface area (Å²) in [7, 11) is 0. The largest absolute Gasteiger partial charge is 0.509 e. The molecule has 1 aliphatic heterocycles. The molecule has 8 nitrogen and oxygen atoms in total. The summed E-state index contributed by atoms with van der Waals surface area (Å²) in [6.07, 6.45) is -3.37. The van der Waals surface area contributed by atoms with Crippen LogP contribution in [-0.2, 0) is 30.2 Å². The average Bonchev–Trinajstić information content (AvgIpc) is 3.10. The molecule has 1 heterocycles. The Bertz CT molecular complexity index is 1200. The van der Waals surface area contributed by atoms with Crippen LogP contribution in [0.4, 0.5) is 18.4 Å². The molecule has 0 aromatic heterocycles. The highest BCUT2D eigenvalue weighted by atomic mass is 19.2. The quantitative estimate of drug-likeness (QED) is 0.333. The Morgan fingerprint density at radius 3 is 1.97 bits per heavy atom. The Morgan fingerprint density at radius 2 is 1.44 bits per heavy atom. The van der Waals surface area contributed by atoms with Crippen molar-refractivity contribution in [1.29, 1.82) is 0 Å². The second-order valence-electron chi connectivity index (χ2n) is 11.4. The molecular weight excluding hydrogens is 512 g/mol. The molecule has 0 radical (unpaired) electrons. The normalized spacial score (nSPS) is 19.4. The molecule has 2 aromatic carbocycles. The summed E-state index contributed by atoms with van der Waals surface area (Å²) in [5.41, 5.74) is 0.312. The van der Waals surface area contributed by atoms with Crippen molar-refractivity contribution in [3.63, 3.8) is 0 Å². The van der Waals surface area contributed by atoms with E-state index in [2.05, 4.69) is 0 Å². The van der Waals surface area contributed by atoms with E-state index in [4.69, 9.17) is 18.9 Å². The van der Waals surface area contributed by atoms with E-state index in [9.17, 15) is 23.2 Å². The molecule has 0 N–H and O–H groups in total. The van der Waals surface area contributed by atoms with Gasteiger partial charge >= 0.3 is 18.2 Å². The molecule has 1 aliphatic rings. The van der Waals surface area contributed by atoms with Crippen LogP contribution in [0, 0.1) is 11.6 Å². The Kier molecular flexibility index (Phi) is 8.87. The van der Waals surface area contributed by atoms with Crippen LogP contribution in [0.5, 0.6) is 0 Å². The van der Waals surface area contributed by atoms with E-state index in [0.717, 1.165) is 17.7 Å². The molecule has 1 amide bonds. The molecule has 10 heteroatoms. The SMILES string of the molecule is CC(=O)O[C@@H]1[C@@H](OC(=O)OC(C)(C)C)CN(C(=O)OC(C)(C)C)[C@H]1Cc1ccc(-c2ccc(F)c(F)c2)cc1. The van der Waals surface area contributed by atoms with Crippen LogP contribution in [0.1, 0.15) is 54.0 Å². The number of carbonyl (C=O) groups excluding carboxylic acids is 3. The molecule has 0 saturated carbocycles. The van der Waals surface area contributed by atoms with E-state index in [1.54, 1.807) is 65.8 Å². The molecule has 39 heavy (non-hydrogen) atoms. The van der Waals surface area contributed by atoms with Crippen LogP contribution in [0.2, 0.25) is 0 Å². The minimum absolute atomic E-state index is 0.0797. The maximum Gasteiger partial charge on any atom is 0.509 e. The van der Waals surface area contributed by atoms with Crippen LogP contribution in [-0.4, -0.2) is 59.1 Å². The van der Waals surface area contributed by atoms with Crippen molar-refractivity contribution in [1.82, 2.24) is 4.90 Å². The molecule has 2 aromatic rings. The first-order valence-corrected chi connectivity index (χ1v) is 12.6. The first kappa shape index (κ1) is 29.9. The highest BCUT2D eigenvalue weighted by Crippen LogP contribution is 2.31. The standard InChI is InChI=1S/C29H35F2NO7/c1-17(33)36-25-23(14-18-8-10-19(11-9-18)20-12-13-21(30)22(31)15-20)32(26(34)38-28(2,3)4)16-24(25)37-27(35)39-29(5,6)7/h8-13,15,23-25H,14,16H2,1-7H3/t23-,24-,25-/m0/s1. The van der Waals surface area contributed by atoms with Crippen LogP contribution in [0.25, 0.3) is 11.1 Å². The summed E-state index contributed by atoms with van der Waals surface area (Å²) in [6, 6.07) is 9.95. The molecule has 0 spiro atoms. The first-order chi connectivity index (χ1) is 18.0. The third kappa shape index (κ3) is 8.40. The van der Waals surface area contributed by atoms with Crippen LogP contribution in [0.15, 0.2) is 42.5 Å². The number of amides is 1. The highest BCUT2D eigenvalue weighted by Gasteiger charge is 2.49. The Labute approximate surface area is 227 Å². The van der Waals surface area contributed by atoms with Crippen LogP contribution >= 0.6 is 0 Å². The predicted octanol–water partition coefficient (Wildman–Crippen LogP) is 6.05. The number of benzene rings is 2. The lowest BCUT2D eigenvalue weighted by Crippen LogP contribution is -2.45. The molecule has 212 valence electrons. The molecular formula is C29H35F2NO7. The molecule has 0 unspecified atom stereocenters. The number of rotatable bonds is 5. The maximum atomic E-state index is 13.7. The summed E-state index contributed by atoms with van der Waals surface area (Å²) in [4.78, 5) is 39.1. The Morgan fingerprint density at radius 1 is 0.846 bits per heavy atom. The Balaban J connectivity index is 1.90. The van der Waals surface area contributed by atoms with Gasteiger partial charge in [0.2, 0.25) is 0 Å². The lowest BCUT2D eigenvalue weighted by molar-refractivity contribution is -0.153. The maximum absolute atomic E-state index is 13.7. The zero-order chi connectivity index (χ0) is 29.1. The number of carbonyl (C=O) groups is 3. The zero-order valence-corrected chi connectivity index (χ0v) is 23.2. The fraction of sp³-hybridized carbons (Fsp3) is 0.483. The van der Waals surface area contributed by atoms with Gasteiger partial charge in [0, 0.05) is 6.92 Å². The molecule has 3 atom stereocenters. The van der Waals surface area contributed by atoms with E-state index in [-0.39, 0.29) is 13.0 Å². The topological polar surface area (TPSA) is 91.4 Å². The molecule has 3 rings (SSSR count). The van der Waals surface area contributed by atoms with Crippen LogP contribution in [0.3, 0.4) is 0 Å². The Hall–Kier alpha value is -3.69. The first-order valence-electron chi connectivity index (χ1n) is 12.6. The van der Waals surface area contributed by atoms with Crippen molar-refractivity contribution in [2.24, 2.45) is 0 Å². The van der Waals surface area contributed by atoms with Gasteiger partial charge in [-0.15, -0.1) is 0 Å². The van der Waals surface area contributed by atoms with E-state index in [1.807, 2.05) is 0 Å². The summed E-state index contributed by atoms with van der Waals surface area (Å²) in [5.74, 6) is -2.49. The van der Waals surface area contributed by atoms with Gasteiger partial charge in [-0.3, -0.25) is 9.69 Å². The summed E-state index contributed by atoms with van der Waals surface area (Å²) in [5, 5.41) is 0. The van der Waals surface area contributed by atoms with Crippen molar-refractivity contribution >= 4 is 18.2 Å². The molecule has 1 saturated heterocycles.